The average Bonchev–Trinajstić information content (AvgIpc) is 3.51. The number of nitrogens with one attached hydrogen (secondary N) is 1. The molecule has 0 unspecified atom stereocenters. The minimum atomic E-state index is -1.10. The fourth-order valence-corrected chi connectivity index (χ4v) is 5.75. The number of nitrogens with zero attached hydrogens (tertiary/aromatic N) is 1. The Morgan fingerprint density at radius 1 is 0.952 bits per heavy atom. The van der Waals surface area contributed by atoms with Crippen molar-refractivity contribution >= 4 is 28.7 Å². The van der Waals surface area contributed by atoms with Crippen molar-refractivity contribution in [3.63, 3.8) is 0 Å². The quantitative estimate of drug-likeness (QED) is 0.328. The number of rotatable bonds is 9. The lowest BCUT2D eigenvalue weighted by atomic mass is 10.1. The molecular weight excluding hydrogens is 532 g/mol. The van der Waals surface area contributed by atoms with Gasteiger partial charge in [0.1, 0.15) is 23.8 Å². The number of esters is 1. The summed E-state index contributed by atoms with van der Waals surface area (Å²) in [6.07, 6.45) is 0.555. The smallest absolute Gasteiger partial charge is 0.411 e. The Labute approximate surface area is 247 Å². The Morgan fingerprint density at radius 3 is 2.38 bits per heavy atom. The summed E-state index contributed by atoms with van der Waals surface area (Å²) in [5, 5.41) is 5.22. The summed E-state index contributed by atoms with van der Waals surface area (Å²) in [6.45, 7) is 8.04. The molecule has 4 atom stereocenters. The second-order valence-electron chi connectivity index (χ2n) is 12.3. The van der Waals surface area contributed by atoms with Crippen LogP contribution < -0.4 is 5.32 Å². The van der Waals surface area contributed by atoms with Gasteiger partial charge in [-0.1, -0.05) is 86.1 Å². The van der Waals surface area contributed by atoms with E-state index in [-0.39, 0.29) is 25.2 Å². The third kappa shape index (κ3) is 6.59. The Morgan fingerprint density at radius 2 is 1.67 bits per heavy atom. The third-order valence-corrected chi connectivity index (χ3v) is 8.07. The van der Waals surface area contributed by atoms with Gasteiger partial charge in [-0.25, -0.2) is 9.59 Å². The number of benzene rings is 3. The van der Waals surface area contributed by atoms with E-state index >= 15 is 0 Å². The number of fused-ring (bicyclic) bond motifs is 1. The third-order valence-electron chi connectivity index (χ3n) is 8.07. The Balaban J connectivity index is 1.29. The molecule has 1 aliphatic carbocycles. The van der Waals surface area contributed by atoms with Crippen molar-refractivity contribution in [2.75, 3.05) is 6.54 Å². The molecular formula is C34H40N2O6. The van der Waals surface area contributed by atoms with Crippen molar-refractivity contribution in [2.24, 2.45) is 5.92 Å². The van der Waals surface area contributed by atoms with Crippen LogP contribution in [0.3, 0.4) is 0 Å². The zero-order valence-electron chi connectivity index (χ0n) is 24.8. The monoisotopic (exact) mass is 572 g/mol. The van der Waals surface area contributed by atoms with Crippen LogP contribution in [0.1, 0.15) is 58.1 Å². The molecule has 1 heterocycles. The normalized spacial score (nSPS) is 23.4. The standard InChI is InChI=1S/C34H40N2O6/c1-5-26-19-34(26,31(38)41-21-23-12-7-6-8-13-23)35-30(37)29-18-27(20-36(29)32(39)42-33(2,3)4)40-22-25-16-11-15-24-14-9-10-17-28(24)25/h6-17,26-27,29H,5,18-22H2,1-4H3,(H,35,37)/t26-,27+,29-,34+/m0/s1. The van der Waals surface area contributed by atoms with Gasteiger partial charge in [-0.15, -0.1) is 0 Å². The molecule has 8 nitrogen and oxygen atoms in total. The van der Waals surface area contributed by atoms with Gasteiger partial charge in [0, 0.05) is 6.42 Å². The second kappa shape index (κ2) is 12.1. The number of carbonyl (C=O) groups is 3. The topological polar surface area (TPSA) is 94.2 Å². The maximum Gasteiger partial charge on any atom is 0.411 e. The van der Waals surface area contributed by atoms with Gasteiger partial charge in [-0.05, 0) is 55.0 Å². The lowest BCUT2D eigenvalue weighted by molar-refractivity contribution is -0.151. The highest BCUT2D eigenvalue weighted by Gasteiger charge is 2.62. The van der Waals surface area contributed by atoms with E-state index in [9.17, 15) is 14.4 Å². The van der Waals surface area contributed by atoms with Crippen LogP contribution in [-0.4, -0.2) is 52.7 Å². The fraction of sp³-hybridized carbons (Fsp3) is 0.441. The average molecular weight is 573 g/mol. The van der Waals surface area contributed by atoms with Gasteiger partial charge in [0.15, 0.2) is 0 Å². The van der Waals surface area contributed by atoms with Crippen molar-refractivity contribution in [1.29, 1.82) is 0 Å². The van der Waals surface area contributed by atoms with Crippen molar-refractivity contribution in [3.8, 4) is 0 Å². The van der Waals surface area contributed by atoms with Gasteiger partial charge < -0.3 is 19.5 Å². The predicted molar refractivity (Wildman–Crippen MR) is 159 cm³/mol. The Kier molecular flexibility index (Phi) is 8.55. The Bertz CT molecular complexity index is 1430. The molecule has 3 aromatic rings. The minimum Gasteiger partial charge on any atom is -0.459 e. The molecule has 1 N–H and O–H groups in total. The van der Waals surface area contributed by atoms with Gasteiger partial charge in [0.2, 0.25) is 5.91 Å². The van der Waals surface area contributed by atoms with Crippen LogP contribution in [0, 0.1) is 5.92 Å². The highest BCUT2D eigenvalue weighted by Crippen LogP contribution is 2.47. The summed E-state index contributed by atoms with van der Waals surface area (Å²) < 4.78 is 17.6. The maximum absolute atomic E-state index is 13.8. The van der Waals surface area contributed by atoms with Gasteiger partial charge >= 0.3 is 12.1 Å². The van der Waals surface area contributed by atoms with Crippen LogP contribution in [0.25, 0.3) is 10.8 Å². The molecule has 8 heteroatoms. The Hall–Kier alpha value is -3.91. The summed E-state index contributed by atoms with van der Waals surface area (Å²) in [5.74, 6) is -0.874. The van der Waals surface area contributed by atoms with E-state index in [0.29, 0.717) is 19.4 Å². The molecule has 1 aliphatic heterocycles. The first-order valence-electron chi connectivity index (χ1n) is 14.7. The van der Waals surface area contributed by atoms with Crippen LogP contribution >= 0.6 is 0 Å². The summed E-state index contributed by atoms with van der Waals surface area (Å²) in [5.41, 5.74) is 0.0850. The van der Waals surface area contributed by atoms with Gasteiger partial charge in [-0.3, -0.25) is 9.69 Å². The summed E-state index contributed by atoms with van der Waals surface area (Å²) in [4.78, 5) is 41.8. The summed E-state index contributed by atoms with van der Waals surface area (Å²) in [6, 6.07) is 22.8. The van der Waals surface area contributed by atoms with E-state index in [1.165, 1.54) is 4.90 Å². The molecule has 0 spiro atoms. The summed E-state index contributed by atoms with van der Waals surface area (Å²) in [7, 11) is 0. The number of hydrogen-bond donors (Lipinski definition) is 1. The molecule has 1 saturated carbocycles. The maximum atomic E-state index is 13.8. The molecule has 42 heavy (non-hydrogen) atoms. The summed E-state index contributed by atoms with van der Waals surface area (Å²) >= 11 is 0. The predicted octanol–water partition coefficient (Wildman–Crippen LogP) is 5.76. The zero-order chi connectivity index (χ0) is 29.9. The van der Waals surface area contributed by atoms with E-state index in [2.05, 4.69) is 23.5 Å². The SMILES string of the molecule is CC[C@H]1C[C@]1(NC(=O)[C@@H]1C[C@@H](OCc2cccc3ccccc23)CN1C(=O)OC(C)(C)C)C(=O)OCc1ccccc1. The first-order valence-corrected chi connectivity index (χ1v) is 14.7. The first kappa shape index (κ1) is 29.6. The van der Waals surface area contributed by atoms with Crippen LogP contribution in [0.2, 0.25) is 0 Å². The zero-order valence-corrected chi connectivity index (χ0v) is 24.8. The number of amides is 2. The molecule has 3 aromatic carbocycles. The van der Waals surface area contributed by atoms with Gasteiger partial charge in [-0.2, -0.15) is 0 Å². The lowest BCUT2D eigenvalue weighted by Crippen LogP contribution is -2.54. The van der Waals surface area contributed by atoms with Crippen molar-refractivity contribution in [1.82, 2.24) is 10.2 Å². The molecule has 2 aliphatic rings. The van der Waals surface area contributed by atoms with Crippen molar-refractivity contribution in [3.05, 3.63) is 83.9 Å². The van der Waals surface area contributed by atoms with E-state index in [1.807, 2.05) is 61.5 Å². The molecule has 0 radical (unpaired) electrons. The lowest BCUT2D eigenvalue weighted by Gasteiger charge is -2.29. The van der Waals surface area contributed by atoms with E-state index < -0.39 is 35.2 Å². The molecule has 0 aromatic heterocycles. The number of carbonyl (C=O) groups excluding carboxylic acids is 3. The number of likely N-dealkylation sites (tertiary alicyclic amines) is 1. The van der Waals surface area contributed by atoms with Gasteiger partial charge in [0.25, 0.3) is 0 Å². The van der Waals surface area contributed by atoms with E-state index in [1.54, 1.807) is 20.8 Å². The second-order valence-corrected chi connectivity index (χ2v) is 12.3. The van der Waals surface area contributed by atoms with Crippen LogP contribution in [0.4, 0.5) is 4.79 Å². The molecule has 2 amide bonds. The van der Waals surface area contributed by atoms with E-state index in [0.717, 1.165) is 28.3 Å². The van der Waals surface area contributed by atoms with Crippen LogP contribution in [0.5, 0.6) is 0 Å². The molecule has 5 rings (SSSR count). The van der Waals surface area contributed by atoms with Crippen molar-refractivity contribution in [2.45, 2.75) is 83.5 Å². The molecule has 222 valence electrons. The number of ether oxygens (including phenoxy) is 3. The van der Waals surface area contributed by atoms with Crippen molar-refractivity contribution < 1.29 is 28.6 Å². The van der Waals surface area contributed by atoms with Crippen LogP contribution in [0.15, 0.2) is 72.8 Å². The highest BCUT2D eigenvalue weighted by molar-refractivity contribution is 5.94. The highest BCUT2D eigenvalue weighted by atomic mass is 16.6. The largest absolute Gasteiger partial charge is 0.459 e. The molecule has 0 bridgehead atoms. The van der Waals surface area contributed by atoms with E-state index in [4.69, 9.17) is 14.2 Å². The van der Waals surface area contributed by atoms with Crippen LogP contribution in [-0.2, 0) is 37.0 Å². The molecule has 2 fully saturated rings. The first-order chi connectivity index (χ1) is 20.1. The fourth-order valence-electron chi connectivity index (χ4n) is 5.75. The van der Waals surface area contributed by atoms with Gasteiger partial charge in [0.05, 0.1) is 19.3 Å². The number of hydrogen-bond acceptors (Lipinski definition) is 6. The molecule has 1 saturated heterocycles. The minimum absolute atomic E-state index is 0.0282.